The monoisotopic (exact) mass is 556 g/mol. The van der Waals surface area contributed by atoms with Gasteiger partial charge in [0, 0.05) is 29.1 Å². The molecule has 2 N–H and O–H groups in total. The van der Waals surface area contributed by atoms with Crippen LogP contribution in [0, 0.1) is 5.92 Å². The Hall–Kier alpha value is -3.01. The Labute approximate surface area is 229 Å². The lowest BCUT2D eigenvalue weighted by molar-refractivity contribution is 0.101. The minimum atomic E-state index is -4.12. The molecule has 1 heterocycles. The molecule has 9 heteroatoms. The number of Topliss-reactive ketones (excluding diaryl/α,β-unsaturated/α-hetero) is 1. The maximum atomic E-state index is 13.2. The van der Waals surface area contributed by atoms with Crippen molar-refractivity contribution >= 4 is 33.2 Å². The molecule has 0 aliphatic rings. The van der Waals surface area contributed by atoms with Gasteiger partial charge in [-0.15, -0.1) is 11.3 Å². The van der Waals surface area contributed by atoms with Crippen LogP contribution in [0.5, 0.6) is 0 Å². The summed E-state index contributed by atoms with van der Waals surface area (Å²) in [5.41, 5.74) is 3.90. The van der Waals surface area contributed by atoms with E-state index < -0.39 is 16.1 Å². The van der Waals surface area contributed by atoms with Gasteiger partial charge in [-0.05, 0) is 54.5 Å². The summed E-state index contributed by atoms with van der Waals surface area (Å²) in [4.78, 5) is 25.0. The molecule has 0 radical (unpaired) electrons. The first-order chi connectivity index (χ1) is 18.1. The van der Waals surface area contributed by atoms with Gasteiger partial charge in [-0.1, -0.05) is 69.7 Å². The van der Waals surface area contributed by atoms with Gasteiger partial charge in [0.25, 0.3) is 10.0 Å². The summed E-state index contributed by atoms with van der Waals surface area (Å²) in [5.74, 6) is 0.369. The molecule has 0 spiro atoms. The van der Waals surface area contributed by atoms with Gasteiger partial charge in [-0.3, -0.25) is 4.79 Å². The van der Waals surface area contributed by atoms with Gasteiger partial charge in [-0.2, -0.15) is 0 Å². The molecule has 3 rings (SSSR count). The summed E-state index contributed by atoms with van der Waals surface area (Å²) in [5, 5.41) is 3.38. The number of ketones is 1. The molecule has 0 aliphatic heterocycles. The van der Waals surface area contributed by atoms with E-state index in [1.165, 1.54) is 11.3 Å². The van der Waals surface area contributed by atoms with Crippen LogP contribution in [0.25, 0.3) is 11.1 Å². The fourth-order valence-corrected chi connectivity index (χ4v) is 6.87. The minimum Gasteiger partial charge on any atom is -0.449 e. The molecule has 0 bridgehead atoms. The molecule has 0 aliphatic carbocycles. The van der Waals surface area contributed by atoms with Crippen molar-refractivity contribution in [2.45, 2.75) is 64.3 Å². The lowest BCUT2D eigenvalue weighted by Crippen LogP contribution is -2.31. The average Bonchev–Trinajstić information content (AvgIpc) is 3.28. The third kappa shape index (κ3) is 8.24. The topological polar surface area (TPSA) is 102 Å². The predicted octanol–water partition coefficient (Wildman–Crippen LogP) is 6.32. The first kappa shape index (κ1) is 29.5. The van der Waals surface area contributed by atoms with Gasteiger partial charge in [0.05, 0.1) is 6.61 Å². The summed E-state index contributed by atoms with van der Waals surface area (Å²) < 4.78 is 33.7. The number of amides is 1. The van der Waals surface area contributed by atoms with Gasteiger partial charge in [0.1, 0.15) is 4.21 Å². The number of rotatable bonds is 13. The molecule has 2 aromatic carbocycles. The summed E-state index contributed by atoms with van der Waals surface area (Å²) in [7, 11) is -4.12. The molecule has 3 aromatic rings. The quantitative estimate of drug-likeness (QED) is 0.189. The van der Waals surface area contributed by atoms with Crippen LogP contribution < -0.4 is 10.0 Å². The second-order valence-electron chi connectivity index (χ2n) is 9.62. The highest BCUT2D eigenvalue weighted by atomic mass is 32.2. The molecule has 0 unspecified atom stereocenters. The van der Waals surface area contributed by atoms with E-state index in [-0.39, 0.29) is 16.6 Å². The zero-order valence-corrected chi connectivity index (χ0v) is 24.0. The number of sulfonamides is 1. The van der Waals surface area contributed by atoms with Gasteiger partial charge in [0.15, 0.2) is 5.78 Å². The highest BCUT2D eigenvalue weighted by Gasteiger charge is 2.26. The Morgan fingerprint density at radius 3 is 2.50 bits per heavy atom. The van der Waals surface area contributed by atoms with E-state index in [0.717, 1.165) is 34.4 Å². The highest BCUT2D eigenvalue weighted by molar-refractivity contribution is 7.92. The molecule has 1 amide bonds. The number of ether oxygens (including phenoxy) is 1. The van der Waals surface area contributed by atoms with Crippen molar-refractivity contribution in [1.29, 1.82) is 0 Å². The minimum absolute atomic E-state index is 0.0238. The average molecular weight is 557 g/mol. The van der Waals surface area contributed by atoms with Crippen LogP contribution in [-0.2, 0) is 34.3 Å². The number of hydrogen-bond donors (Lipinski definition) is 2. The maximum Gasteiger partial charge on any atom is 0.421 e. The summed E-state index contributed by atoms with van der Waals surface area (Å²) in [6.45, 7) is 8.90. The third-order valence-corrected chi connectivity index (χ3v) is 8.83. The van der Waals surface area contributed by atoms with Gasteiger partial charge in [0.2, 0.25) is 0 Å². The molecule has 7 nitrogen and oxygen atoms in total. The Morgan fingerprint density at radius 1 is 1.03 bits per heavy atom. The van der Waals surface area contributed by atoms with Crippen molar-refractivity contribution in [3.8, 4) is 11.1 Å². The van der Waals surface area contributed by atoms with Crippen molar-refractivity contribution in [2.24, 2.45) is 5.92 Å². The summed E-state index contributed by atoms with van der Waals surface area (Å²) >= 11 is 1.18. The number of hydrogen-bond acceptors (Lipinski definition) is 7. The SMILES string of the molecule is CCCCOC(=O)NS(=O)(=O)c1sc(CC(C)C)cc1-c1cccc(CNCc2ccccc2C(C)=O)c1. The van der Waals surface area contributed by atoms with E-state index in [0.29, 0.717) is 36.6 Å². The second-order valence-corrected chi connectivity index (χ2v) is 12.6. The number of benzene rings is 2. The van der Waals surface area contributed by atoms with Gasteiger partial charge < -0.3 is 10.1 Å². The van der Waals surface area contributed by atoms with E-state index >= 15 is 0 Å². The molecular weight excluding hydrogens is 520 g/mol. The van der Waals surface area contributed by atoms with E-state index in [9.17, 15) is 18.0 Å². The highest BCUT2D eigenvalue weighted by Crippen LogP contribution is 2.36. The van der Waals surface area contributed by atoms with Crippen molar-refractivity contribution in [1.82, 2.24) is 10.0 Å². The summed E-state index contributed by atoms with van der Waals surface area (Å²) in [6.07, 6.45) is 1.26. The first-order valence-electron chi connectivity index (χ1n) is 12.8. The van der Waals surface area contributed by atoms with Crippen LogP contribution in [0.2, 0.25) is 0 Å². The molecule has 0 fully saturated rings. The van der Waals surface area contributed by atoms with Gasteiger partial charge >= 0.3 is 6.09 Å². The van der Waals surface area contributed by atoms with Crippen LogP contribution in [0.4, 0.5) is 4.79 Å². The Kier molecular flexibility index (Phi) is 10.6. The van der Waals surface area contributed by atoms with Crippen molar-refractivity contribution < 1.29 is 22.7 Å². The first-order valence-corrected chi connectivity index (χ1v) is 15.1. The molecule has 0 atom stereocenters. The van der Waals surface area contributed by atoms with Gasteiger partial charge in [-0.25, -0.2) is 17.9 Å². The molecule has 0 saturated carbocycles. The second kappa shape index (κ2) is 13.7. The lowest BCUT2D eigenvalue weighted by atomic mass is 10.0. The molecular formula is C29H36N2O5S2. The van der Waals surface area contributed by atoms with E-state index in [1.54, 1.807) is 6.92 Å². The van der Waals surface area contributed by atoms with Crippen LogP contribution in [0.15, 0.2) is 58.8 Å². The van der Waals surface area contributed by atoms with Crippen molar-refractivity contribution in [3.05, 3.63) is 76.2 Å². The fourth-order valence-electron chi connectivity index (χ4n) is 4.03. The predicted molar refractivity (Wildman–Crippen MR) is 152 cm³/mol. The number of unbranched alkanes of at least 4 members (excludes halogenated alkanes) is 1. The smallest absolute Gasteiger partial charge is 0.421 e. The maximum absolute atomic E-state index is 13.2. The normalized spacial score (nSPS) is 11.5. The lowest BCUT2D eigenvalue weighted by Gasteiger charge is -2.11. The van der Waals surface area contributed by atoms with Crippen molar-refractivity contribution in [3.63, 3.8) is 0 Å². The molecule has 0 saturated heterocycles. The number of carbonyl (C=O) groups excluding carboxylic acids is 2. The fraction of sp³-hybridized carbons (Fsp3) is 0.379. The number of nitrogens with one attached hydrogen (secondary N) is 2. The van der Waals surface area contributed by atoms with Crippen molar-refractivity contribution in [2.75, 3.05) is 6.61 Å². The zero-order chi connectivity index (χ0) is 27.7. The number of carbonyl (C=O) groups is 2. The third-order valence-electron chi connectivity index (χ3n) is 5.83. The standard InChI is InChI=1S/C29H36N2O5S2/c1-5-6-14-36-29(33)31-38(34,35)28-27(17-25(37-28)15-20(2)3)23-12-9-10-22(16-23)18-30-19-24-11-7-8-13-26(24)21(4)32/h7-13,16-17,20,30H,5-6,14-15,18-19H2,1-4H3,(H,31,33). The number of thiophene rings is 1. The largest absolute Gasteiger partial charge is 0.449 e. The van der Waals surface area contributed by atoms with E-state index in [2.05, 4.69) is 23.9 Å². The summed E-state index contributed by atoms with van der Waals surface area (Å²) in [6, 6.07) is 17.1. The molecule has 204 valence electrons. The Bertz CT molecular complexity index is 1360. The van der Waals surface area contributed by atoms with Crippen LogP contribution >= 0.6 is 11.3 Å². The van der Waals surface area contributed by atoms with Crippen LogP contribution in [0.3, 0.4) is 0 Å². The molecule has 38 heavy (non-hydrogen) atoms. The van der Waals surface area contributed by atoms with E-state index in [1.807, 2.05) is 61.5 Å². The zero-order valence-electron chi connectivity index (χ0n) is 22.4. The van der Waals surface area contributed by atoms with Crippen LogP contribution in [0.1, 0.15) is 66.9 Å². The Balaban J connectivity index is 1.83. The van der Waals surface area contributed by atoms with Crippen LogP contribution in [-0.4, -0.2) is 26.9 Å². The van der Waals surface area contributed by atoms with E-state index in [4.69, 9.17) is 4.74 Å². The molecule has 1 aromatic heterocycles. The Morgan fingerprint density at radius 2 is 1.79 bits per heavy atom.